The van der Waals surface area contributed by atoms with E-state index < -0.39 is 15.8 Å². The Morgan fingerprint density at radius 3 is 2.57 bits per heavy atom. The third kappa shape index (κ3) is 3.24. The van der Waals surface area contributed by atoms with Crippen LogP contribution in [0.25, 0.3) is 0 Å². The Morgan fingerprint density at radius 2 is 2.00 bits per heavy atom. The Labute approximate surface area is 122 Å². The third-order valence-electron chi connectivity index (χ3n) is 2.91. The lowest BCUT2D eigenvalue weighted by Crippen LogP contribution is -2.27. The van der Waals surface area contributed by atoms with Gasteiger partial charge in [-0.15, -0.1) is 0 Å². The molecule has 0 saturated carbocycles. The number of pyridine rings is 1. The number of hydrogen-bond donors (Lipinski definition) is 0. The smallest absolute Gasteiger partial charge is 0.244 e. The van der Waals surface area contributed by atoms with Crippen LogP contribution in [0.15, 0.2) is 47.5 Å². The van der Waals surface area contributed by atoms with E-state index in [1.165, 1.54) is 37.4 Å². The van der Waals surface area contributed by atoms with Crippen LogP contribution in [0.1, 0.15) is 11.3 Å². The Kier molecular flexibility index (Phi) is 4.31. The molecule has 0 atom stereocenters. The van der Waals surface area contributed by atoms with Gasteiger partial charge in [0.25, 0.3) is 0 Å². The molecule has 0 N–H and O–H groups in total. The lowest BCUT2D eigenvalue weighted by Gasteiger charge is -2.17. The molecule has 0 radical (unpaired) electrons. The van der Waals surface area contributed by atoms with Crippen molar-refractivity contribution in [3.05, 3.63) is 59.7 Å². The van der Waals surface area contributed by atoms with E-state index >= 15 is 0 Å². The average molecular weight is 305 g/mol. The first kappa shape index (κ1) is 15.1. The number of sulfonamides is 1. The quantitative estimate of drug-likeness (QED) is 0.865. The summed E-state index contributed by atoms with van der Waals surface area (Å²) in [5, 5.41) is 8.65. The van der Waals surface area contributed by atoms with Crippen LogP contribution in [0.2, 0.25) is 0 Å². The SMILES string of the molecule is CN(Cc1ccccc1F)S(=O)(=O)c1ccc(C#N)nc1. The Balaban J connectivity index is 2.26. The van der Waals surface area contributed by atoms with Gasteiger partial charge in [-0.25, -0.2) is 17.8 Å². The molecule has 108 valence electrons. The Bertz CT molecular complexity index is 783. The summed E-state index contributed by atoms with van der Waals surface area (Å²) >= 11 is 0. The van der Waals surface area contributed by atoms with Crippen molar-refractivity contribution in [2.45, 2.75) is 11.4 Å². The number of hydrogen-bond acceptors (Lipinski definition) is 4. The van der Waals surface area contributed by atoms with Crippen molar-refractivity contribution in [3.63, 3.8) is 0 Å². The topological polar surface area (TPSA) is 74.1 Å². The molecule has 2 rings (SSSR count). The average Bonchev–Trinajstić information content (AvgIpc) is 2.49. The van der Waals surface area contributed by atoms with Crippen LogP contribution in [0.4, 0.5) is 4.39 Å². The highest BCUT2D eigenvalue weighted by atomic mass is 32.2. The maximum absolute atomic E-state index is 13.6. The van der Waals surface area contributed by atoms with Crippen LogP contribution in [0.5, 0.6) is 0 Å². The Morgan fingerprint density at radius 1 is 1.29 bits per heavy atom. The second-order valence-electron chi connectivity index (χ2n) is 4.34. The maximum Gasteiger partial charge on any atom is 0.244 e. The number of benzene rings is 1. The summed E-state index contributed by atoms with van der Waals surface area (Å²) in [7, 11) is -2.42. The molecule has 0 bridgehead atoms. The van der Waals surface area contributed by atoms with Gasteiger partial charge in [0.1, 0.15) is 22.5 Å². The second kappa shape index (κ2) is 5.99. The van der Waals surface area contributed by atoms with Crippen LogP contribution in [-0.4, -0.2) is 24.8 Å². The lowest BCUT2D eigenvalue weighted by molar-refractivity contribution is 0.456. The predicted octanol–water partition coefficient (Wildman–Crippen LogP) is 1.91. The van der Waals surface area contributed by atoms with Crippen molar-refractivity contribution in [3.8, 4) is 6.07 Å². The fourth-order valence-electron chi connectivity index (χ4n) is 1.73. The van der Waals surface area contributed by atoms with E-state index in [4.69, 9.17) is 5.26 Å². The number of rotatable bonds is 4. The van der Waals surface area contributed by atoms with Gasteiger partial charge in [0.2, 0.25) is 10.0 Å². The normalized spacial score (nSPS) is 11.3. The van der Waals surface area contributed by atoms with Crippen molar-refractivity contribution in [1.29, 1.82) is 5.26 Å². The van der Waals surface area contributed by atoms with E-state index in [0.717, 1.165) is 10.5 Å². The summed E-state index contributed by atoms with van der Waals surface area (Å²) in [6.45, 7) is -0.0883. The minimum atomic E-state index is -3.78. The van der Waals surface area contributed by atoms with Crippen molar-refractivity contribution < 1.29 is 12.8 Å². The zero-order valence-electron chi connectivity index (χ0n) is 11.2. The van der Waals surface area contributed by atoms with Crippen molar-refractivity contribution >= 4 is 10.0 Å². The van der Waals surface area contributed by atoms with Gasteiger partial charge in [-0.3, -0.25) is 0 Å². The Hall–Kier alpha value is -2.30. The fourth-order valence-corrected chi connectivity index (χ4v) is 2.83. The van der Waals surface area contributed by atoms with Crippen molar-refractivity contribution in [2.75, 3.05) is 7.05 Å². The van der Waals surface area contributed by atoms with Crippen molar-refractivity contribution in [2.24, 2.45) is 0 Å². The zero-order chi connectivity index (χ0) is 15.5. The van der Waals surface area contributed by atoms with Gasteiger partial charge < -0.3 is 0 Å². The summed E-state index contributed by atoms with van der Waals surface area (Å²) in [4.78, 5) is 3.69. The largest absolute Gasteiger partial charge is 0.244 e. The molecule has 0 amide bonds. The van der Waals surface area contributed by atoms with E-state index in [9.17, 15) is 12.8 Å². The minimum Gasteiger partial charge on any atom is -0.244 e. The van der Waals surface area contributed by atoms with E-state index in [0.29, 0.717) is 0 Å². The molecule has 21 heavy (non-hydrogen) atoms. The molecule has 0 fully saturated rings. The fraction of sp³-hybridized carbons (Fsp3) is 0.143. The second-order valence-corrected chi connectivity index (χ2v) is 6.39. The van der Waals surface area contributed by atoms with E-state index in [2.05, 4.69) is 4.98 Å². The molecule has 0 aliphatic rings. The summed E-state index contributed by atoms with van der Waals surface area (Å²) in [5.74, 6) is -0.461. The lowest BCUT2D eigenvalue weighted by atomic mass is 10.2. The number of nitrogens with zero attached hydrogens (tertiary/aromatic N) is 3. The highest BCUT2D eigenvalue weighted by molar-refractivity contribution is 7.89. The van der Waals surface area contributed by atoms with Gasteiger partial charge >= 0.3 is 0 Å². The van der Waals surface area contributed by atoms with Gasteiger partial charge in [-0.05, 0) is 18.2 Å². The molecule has 1 heterocycles. The first-order valence-electron chi connectivity index (χ1n) is 6.01. The zero-order valence-corrected chi connectivity index (χ0v) is 12.0. The van der Waals surface area contributed by atoms with Crippen molar-refractivity contribution in [1.82, 2.24) is 9.29 Å². The van der Waals surface area contributed by atoms with Gasteiger partial charge in [-0.1, -0.05) is 18.2 Å². The van der Waals surface area contributed by atoms with Gasteiger partial charge in [0, 0.05) is 25.4 Å². The predicted molar refractivity (Wildman–Crippen MR) is 74.0 cm³/mol. The van der Waals surface area contributed by atoms with Crippen LogP contribution in [0, 0.1) is 17.1 Å². The van der Waals surface area contributed by atoms with E-state index in [-0.39, 0.29) is 22.7 Å². The third-order valence-corrected chi connectivity index (χ3v) is 4.70. The van der Waals surface area contributed by atoms with Crippen LogP contribution >= 0.6 is 0 Å². The molecule has 1 aromatic heterocycles. The van der Waals surface area contributed by atoms with E-state index in [1.807, 2.05) is 6.07 Å². The molecular weight excluding hydrogens is 293 g/mol. The molecule has 7 heteroatoms. The number of halogens is 1. The number of aromatic nitrogens is 1. The summed E-state index contributed by atoms with van der Waals surface area (Å²) in [6, 6.07) is 10.4. The van der Waals surface area contributed by atoms with Gasteiger partial charge in [0.05, 0.1) is 0 Å². The highest BCUT2D eigenvalue weighted by Crippen LogP contribution is 2.17. The van der Waals surface area contributed by atoms with Gasteiger partial charge in [0.15, 0.2) is 0 Å². The molecule has 0 unspecified atom stereocenters. The number of nitriles is 1. The first-order valence-corrected chi connectivity index (χ1v) is 7.45. The molecule has 1 aromatic carbocycles. The van der Waals surface area contributed by atoms with Crippen LogP contribution in [0.3, 0.4) is 0 Å². The molecule has 2 aromatic rings. The molecule has 5 nitrogen and oxygen atoms in total. The molecule has 0 aliphatic carbocycles. The molecule has 0 aliphatic heterocycles. The standard InChI is InChI=1S/C14H12FN3O2S/c1-18(10-11-4-2-3-5-14(11)15)21(19,20)13-7-6-12(8-16)17-9-13/h2-7,9H,10H2,1H3. The summed E-state index contributed by atoms with van der Waals surface area (Å²) in [6.07, 6.45) is 1.12. The van der Waals surface area contributed by atoms with Gasteiger partial charge in [-0.2, -0.15) is 9.57 Å². The first-order chi connectivity index (χ1) is 9.95. The molecular formula is C14H12FN3O2S. The summed E-state index contributed by atoms with van der Waals surface area (Å²) < 4.78 is 39.3. The molecule has 0 spiro atoms. The van der Waals surface area contributed by atoms with Crippen LogP contribution in [-0.2, 0) is 16.6 Å². The maximum atomic E-state index is 13.6. The summed E-state index contributed by atoms with van der Waals surface area (Å²) in [5.41, 5.74) is 0.413. The molecule has 0 saturated heterocycles. The minimum absolute atomic E-state index is 0.0414. The van der Waals surface area contributed by atoms with Crippen LogP contribution < -0.4 is 0 Å². The highest BCUT2D eigenvalue weighted by Gasteiger charge is 2.22. The van der Waals surface area contributed by atoms with E-state index in [1.54, 1.807) is 6.07 Å². The monoisotopic (exact) mass is 305 g/mol.